The number of rotatable bonds is 4. The Morgan fingerprint density at radius 3 is 2.89 bits per heavy atom. The molecule has 0 saturated heterocycles. The molecular weight excluding hydrogens is 234 g/mol. The molecule has 19 heavy (non-hydrogen) atoms. The Balaban J connectivity index is 1.89. The first-order valence-corrected chi connectivity index (χ1v) is 7.07. The van der Waals surface area contributed by atoms with Gasteiger partial charge in [0.2, 0.25) is 0 Å². The largest absolute Gasteiger partial charge is 0.319 e. The molecule has 0 bridgehead atoms. The van der Waals surface area contributed by atoms with E-state index in [4.69, 9.17) is 0 Å². The Morgan fingerprint density at radius 2 is 2.05 bits per heavy atom. The second kappa shape index (κ2) is 5.17. The van der Waals surface area contributed by atoms with Crippen molar-refractivity contribution in [1.29, 1.82) is 0 Å². The number of aryl methyl sites for hydroxylation is 3. The number of hydrogen-bond donors (Lipinski definition) is 1. The van der Waals surface area contributed by atoms with Crippen molar-refractivity contribution >= 4 is 0 Å². The summed E-state index contributed by atoms with van der Waals surface area (Å²) in [7, 11) is 4.01. The second-order valence-electron chi connectivity index (χ2n) is 5.34. The minimum Gasteiger partial charge on any atom is -0.319 e. The Labute approximate surface area is 114 Å². The molecule has 0 spiro atoms. The van der Waals surface area contributed by atoms with Gasteiger partial charge in [0.15, 0.2) is 0 Å². The van der Waals surface area contributed by atoms with E-state index in [1.54, 1.807) is 0 Å². The maximum atomic E-state index is 4.65. The third-order valence-corrected chi connectivity index (χ3v) is 4.00. The van der Waals surface area contributed by atoms with Gasteiger partial charge in [-0.15, -0.1) is 0 Å². The molecule has 1 heterocycles. The molecule has 0 unspecified atom stereocenters. The average Bonchev–Trinajstić information content (AvgIpc) is 3.02. The summed E-state index contributed by atoms with van der Waals surface area (Å²) in [6.07, 6.45) is 4.78. The number of nitrogens with zero attached hydrogens (tertiary/aromatic N) is 2. The molecule has 1 aromatic heterocycles. The van der Waals surface area contributed by atoms with Gasteiger partial charge >= 0.3 is 0 Å². The summed E-state index contributed by atoms with van der Waals surface area (Å²) < 4.78 is 2.00. The molecule has 0 radical (unpaired) electrons. The zero-order valence-corrected chi connectivity index (χ0v) is 11.7. The fraction of sp³-hybridized carbons (Fsp3) is 0.438. The average molecular weight is 255 g/mol. The van der Waals surface area contributed by atoms with Crippen LogP contribution < -0.4 is 5.32 Å². The van der Waals surface area contributed by atoms with E-state index >= 15 is 0 Å². The van der Waals surface area contributed by atoms with E-state index in [1.165, 1.54) is 41.6 Å². The Bertz CT molecular complexity index is 584. The first-order chi connectivity index (χ1) is 9.28. The van der Waals surface area contributed by atoms with Crippen LogP contribution in [-0.2, 0) is 26.3 Å². The molecule has 1 aliphatic rings. The van der Waals surface area contributed by atoms with E-state index in [2.05, 4.69) is 34.7 Å². The smallest absolute Gasteiger partial charge is 0.0926 e. The summed E-state index contributed by atoms with van der Waals surface area (Å²) in [4.78, 5) is 0. The molecule has 1 N–H and O–H groups in total. The van der Waals surface area contributed by atoms with E-state index in [-0.39, 0.29) is 0 Å². The van der Waals surface area contributed by atoms with Crippen molar-refractivity contribution in [3.05, 3.63) is 41.1 Å². The van der Waals surface area contributed by atoms with Crippen LogP contribution in [0.2, 0.25) is 0 Å². The van der Waals surface area contributed by atoms with Gasteiger partial charge in [-0.05, 0) is 49.6 Å². The van der Waals surface area contributed by atoms with Crippen molar-refractivity contribution in [2.24, 2.45) is 7.05 Å². The third kappa shape index (κ3) is 2.43. The number of nitrogens with one attached hydrogen (secondary N) is 1. The van der Waals surface area contributed by atoms with Crippen molar-refractivity contribution in [3.63, 3.8) is 0 Å². The van der Waals surface area contributed by atoms with E-state index in [0.29, 0.717) is 0 Å². The van der Waals surface area contributed by atoms with Crippen LogP contribution in [0.5, 0.6) is 0 Å². The third-order valence-electron chi connectivity index (χ3n) is 4.00. The molecule has 0 amide bonds. The molecule has 2 aromatic rings. The van der Waals surface area contributed by atoms with Crippen LogP contribution in [0.4, 0.5) is 0 Å². The highest BCUT2D eigenvalue weighted by Gasteiger charge is 2.13. The highest BCUT2D eigenvalue weighted by Crippen LogP contribution is 2.27. The van der Waals surface area contributed by atoms with Gasteiger partial charge in [0.25, 0.3) is 0 Å². The summed E-state index contributed by atoms with van der Waals surface area (Å²) in [5.74, 6) is 0. The lowest BCUT2D eigenvalue weighted by atomic mass is 10.0. The molecule has 0 fully saturated rings. The van der Waals surface area contributed by atoms with Crippen LogP contribution in [0, 0.1) is 0 Å². The lowest BCUT2D eigenvalue weighted by molar-refractivity contribution is 0.683. The van der Waals surface area contributed by atoms with Gasteiger partial charge in [-0.1, -0.05) is 12.1 Å². The molecular formula is C16H21N3. The molecule has 0 saturated carbocycles. The maximum absolute atomic E-state index is 4.65. The van der Waals surface area contributed by atoms with Crippen LogP contribution in [-0.4, -0.2) is 23.4 Å². The minimum absolute atomic E-state index is 0.989. The topological polar surface area (TPSA) is 29.9 Å². The summed E-state index contributed by atoms with van der Waals surface area (Å²) >= 11 is 0. The van der Waals surface area contributed by atoms with Crippen LogP contribution in [0.1, 0.15) is 23.2 Å². The van der Waals surface area contributed by atoms with Crippen molar-refractivity contribution in [2.75, 3.05) is 13.6 Å². The molecule has 3 rings (SSSR count). The molecule has 100 valence electrons. The standard InChI is InChI=1S/C16H21N3/c1-17-9-8-15-11-16(18-19(15)2)14-7-6-12-4-3-5-13(12)10-14/h6-7,10-11,17H,3-5,8-9H2,1-2H3. The molecule has 0 atom stereocenters. The first-order valence-electron chi connectivity index (χ1n) is 7.07. The molecule has 3 nitrogen and oxygen atoms in total. The Morgan fingerprint density at radius 1 is 1.21 bits per heavy atom. The first kappa shape index (κ1) is 12.4. The monoisotopic (exact) mass is 255 g/mol. The van der Waals surface area contributed by atoms with E-state index in [1.807, 2.05) is 18.8 Å². The summed E-state index contributed by atoms with van der Waals surface area (Å²) in [5.41, 5.74) is 6.68. The lowest BCUT2D eigenvalue weighted by Crippen LogP contribution is -2.12. The van der Waals surface area contributed by atoms with Crippen molar-refractivity contribution < 1.29 is 0 Å². The molecule has 3 heteroatoms. The van der Waals surface area contributed by atoms with Crippen molar-refractivity contribution in [2.45, 2.75) is 25.7 Å². The summed E-state index contributed by atoms with van der Waals surface area (Å²) in [6, 6.07) is 9.04. The van der Waals surface area contributed by atoms with Crippen molar-refractivity contribution in [3.8, 4) is 11.3 Å². The minimum atomic E-state index is 0.989. The fourth-order valence-electron chi connectivity index (χ4n) is 2.87. The van der Waals surface area contributed by atoms with Gasteiger partial charge in [-0.25, -0.2) is 0 Å². The normalized spacial score (nSPS) is 13.8. The van der Waals surface area contributed by atoms with E-state index in [9.17, 15) is 0 Å². The van der Waals surface area contributed by atoms with Crippen LogP contribution in [0.3, 0.4) is 0 Å². The number of fused-ring (bicyclic) bond motifs is 1. The SMILES string of the molecule is CNCCc1cc(-c2ccc3c(c2)CCC3)nn1C. The van der Waals surface area contributed by atoms with Gasteiger partial charge < -0.3 is 5.32 Å². The number of hydrogen-bond acceptors (Lipinski definition) is 2. The van der Waals surface area contributed by atoms with E-state index in [0.717, 1.165) is 18.7 Å². The maximum Gasteiger partial charge on any atom is 0.0926 e. The predicted octanol–water partition coefficient (Wildman–Crippen LogP) is 2.34. The summed E-state index contributed by atoms with van der Waals surface area (Å²) in [6.45, 7) is 0.989. The number of benzene rings is 1. The Kier molecular flexibility index (Phi) is 3.38. The van der Waals surface area contributed by atoms with E-state index < -0.39 is 0 Å². The van der Waals surface area contributed by atoms with Gasteiger partial charge in [0.05, 0.1) is 5.69 Å². The van der Waals surface area contributed by atoms with Crippen LogP contribution in [0.25, 0.3) is 11.3 Å². The second-order valence-corrected chi connectivity index (χ2v) is 5.34. The van der Waals surface area contributed by atoms with Crippen LogP contribution >= 0.6 is 0 Å². The highest BCUT2D eigenvalue weighted by molar-refractivity contribution is 5.62. The quantitative estimate of drug-likeness (QED) is 0.909. The predicted molar refractivity (Wildman–Crippen MR) is 78.3 cm³/mol. The number of likely N-dealkylation sites (N-methyl/N-ethyl adjacent to an activating group) is 1. The zero-order valence-electron chi connectivity index (χ0n) is 11.7. The van der Waals surface area contributed by atoms with Gasteiger partial charge in [-0.2, -0.15) is 5.10 Å². The molecule has 1 aromatic carbocycles. The Hall–Kier alpha value is -1.61. The van der Waals surface area contributed by atoms with Gasteiger partial charge in [0.1, 0.15) is 0 Å². The highest BCUT2D eigenvalue weighted by atomic mass is 15.3. The number of aromatic nitrogens is 2. The zero-order chi connectivity index (χ0) is 13.2. The fourth-order valence-corrected chi connectivity index (χ4v) is 2.87. The van der Waals surface area contributed by atoms with Crippen molar-refractivity contribution in [1.82, 2.24) is 15.1 Å². The van der Waals surface area contributed by atoms with Crippen LogP contribution in [0.15, 0.2) is 24.3 Å². The molecule has 1 aliphatic carbocycles. The van der Waals surface area contributed by atoms with Gasteiger partial charge in [-0.3, -0.25) is 4.68 Å². The molecule has 0 aliphatic heterocycles. The summed E-state index contributed by atoms with van der Waals surface area (Å²) in [5, 5.41) is 7.83. The van der Waals surface area contributed by atoms with Gasteiger partial charge in [0, 0.05) is 31.3 Å². The lowest BCUT2D eigenvalue weighted by Gasteiger charge is -2.01.